The Labute approximate surface area is 192 Å². The maximum atomic E-state index is 12.9. The van der Waals surface area contributed by atoms with Gasteiger partial charge in [-0.3, -0.25) is 14.3 Å². The molecule has 0 bridgehead atoms. The van der Waals surface area contributed by atoms with Gasteiger partial charge in [0, 0.05) is 36.6 Å². The zero-order valence-electron chi connectivity index (χ0n) is 18.6. The number of nitrogens with one attached hydrogen (secondary N) is 1. The summed E-state index contributed by atoms with van der Waals surface area (Å²) in [5.74, 6) is 1.85. The molecule has 3 heterocycles. The Bertz CT molecular complexity index is 1320. The van der Waals surface area contributed by atoms with Crippen LogP contribution in [0, 0.1) is 0 Å². The second-order valence-corrected chi connectivity index (χ2v) is 8.07. The molecule has 2 aromatic heterocycles. The van der Waals surface area contributed by atoms with Crippen LogP contribution in [0.1, 0.15) is 25.3 Å². The number of fused-ring (bicyclic) bond motifs is 1. The molecule has 7 nitrogen and oxygen atoms in total. The summed E-state index contributed by atoms with van der Waals surface area (Å²) in [7, 11) is 0. The molecule has 0 radical (unpaired) electrons. The largest absolute Gasteiger partial charge is 0.324 e. The van der Waals surface area contributed by atoms with Crippen LogP contribution in [0.5, 0.6) is 0 Å². The number of rotatable bonds is 6. The summed E-state index contributed by atoms with van der Waals surface area (Å²) in [6.45, 7) is 3.54. The molecular formula is C26H26N6O. The molecule has 166 valence electrons. The van der Waals surface area contributed by atoms with E-state index < -0.39 is 0 Å². The fraction of sp³-hybridized carbons (Fsp3) is 0.231. The Hall–Kier alpha value is -4.00. The van der Waals surface area contributed by atoms with Crippen LogP contribution in [0.15, 0.2) is 77.7 Å². The van der Waals surface area contributed by atoms with E-state index in [1.807, 2.05) is 59.5 Å². The zero-order valence-corrected chi connectivity index (χ0v) is 18.6. The highest BCUT2D eigenvalue weighted by Gasteiger charge is 2.23. The maximum absolute atomic E-state index is 12.9. The first-order chi connectivity index (χ1) is 16.2. The quantitative estimate of drug-likeness (QED) is 0.460. The molecule has 4 aromatic rings. The summed E-state index contributed by atoms with van der Waals surface area (Å²) in [5, 5.41) is 3.37. The highest BCUT2D eigenvalue weighted by molar-refractivity contribution is 5.64. The molecule has 0 saturated heterocycles. The maximum Gasteiger partial charge on any atom is 0.255 e. The van der Waals surface area contributed by atoms with Crippen LogP contribution < -0.4 is 15.8 Å². The van der Waals surface area contributed by atoms with E-state index in [1.54, 1.807) is 16.8 Å². The fourth-order valence-corrected chi connectivity index (χ4v) is 4.18. The Morgan fingerprint density at radius 2 is 1.79 bits per heavy atom. The van der Waals surface area contributed by atoms with Gasteiger partial charge in [-0.2, -0.15) is 4.98 Å². The predicted octanol–water partition coefficient (Wildman–Crippen LogP) is 4.94. The summed E-state index contributed by atoms with van der Waals surface area (Å²) < 4.78 is 1.72. The van der Waals surface area contributed by atoms with Crippen molar-refractivity contribution in [2.75, 3.05) is 16.8 Å². The Morgan fingerprint density at radius 1 is 0.970 bits per heavy atom. The molecule has 0 saturated carbocycles. The summed E-state index contributed by atoms with van der Waals surface area (Å²) in [6, 6.07) is 21.5. The van der Waals surface area contributed by atoms with Crippen molar-refractivity contribution in [1.82, 2.24) is 19.5 Å². The lowest BCUT2D eigenvalue weighted by atomic mass is 10.1. The van der Waals surface area contributed by atoms with Crippen molar-refractivity contribution in [2.24, 2.45) is 0 Å². The summed E-state index contributed by atoms with van der Waals surface area (Å²) in [5.41, 5.74) is 3.78. The highest BCUT2D eigenvalue weighted by Crippen LogP contribution is 2.28. The lowest BCUT2D eigenvalue weighted by Crippen LogP contribution is -2.36. The average Bonchev–Trinajstić information content (AvgIpc) is 2.86. The third-order valence-electron chi connectivity index (χ3n) is 5.76. The minimum Gasteiger partial charge on any atom is -0.324 e. The van der Waals surface area contributed by atoms with Gasteiger partial charge in [-0.15, -0.1) is 0 Å². The molecule has 0 unspecified atom stereocenters. The molecule has 5 rings (SSSR count). The fourth-order valence-electron chi connectivity index (χ4n) is 4.18. The van der Waals surface area contributed by atoms with Crippen LogP contribution in [0.25, 0.3) is 11.3 Å². The molecule has 1 aliphatic rings. The molecule has 1 aliphatic heterocycles. The van der Waals surface area contributed by atoms with Crippen LogP contribution in [0.4, 0.5) is 23.4 Å². The second-order valence-electron chi connectivity index (χ2n) is 8.07. The molecule has 33 heavy (non-hydrogen) atoms. The summed E-state index contributed by atoms with van der Waals surface area (Å²) in [4.78, 5) is 29.0. The number of aromatic nitrogens is 4. The van der Waals surface area contributed by atoms with Gasteiger partial charge in [0.1, 0.15) is 5.82 Å². The predicted molar refractivity (Wildman–Crippen MR) is 131 cm³/mol. The van der Waals surface area contributed by atoms with Crippen LogP contribution in [0.2, 0.25) is 0 Å². The lowest BCUT2D eigenvalue weighted by molar-refractivity contribution is 0.561. The van der Waals surface area contributed by atoms with Gasteiger partial charge in [-0.1, -0.05) is 61.9 Å². The van der Waals surface area contributed by atoms with Crippen LogP contribution in [-0.4, -0.2) is 26.1 Å². The van der Waals surface area contributed by atoms with Crippen molar-refractivity contribution in [2.45, 2.75) is 32.7 Å². The number of para-hydroxylation sites is 1. The van der Waals surface area contributed by atoms with E-state index in [9.17, 15) is 4.79 Å². The van der Waals surface area contributed by atoms with Crippen LogP contribution >= 0.6 is 0 Å². The van der Waals surface area contributed by atoms with Crippen LogP contribution in [0.3, 0.4) is 0 Å². The first kappa shape index (κ1) is 20.9. The third-order valence-corrected chi connectivity index (χ3v) is 5.76. The summed E-state index contributed by atoms with van der Waals surface area (Å²) in [6.07, 6.45) is 4.63. The minimum absolute atomic E-state index is 0.0514. The number of hydrogen-bond donors (Lipinski definition) is 1. The monoisotopic (exact) mass is 438 g/mol. The number of nitrogens with zero attached hydrogens (tertiary/aromatic N) is 5. The molecular weight excluding hydrogens is 412 g/mol. The zero-order chi connectivity index (χ0) is 22.6. The van der Waals surface area contributed by atoms with Crippen molar-refractivity contribution in [3.05, 3.63) is 88.8 Å². The van der Waals surface area contributed by atoms with Crippen LogP contribution in [-0.2, 0) is 13.0 Å². The Kier molecular flexibility index (Phi) is 5.85. The van der Waals surface area contributed by atoms with Gasteiger partial charge in [0.15, 0.2) is 0 Å². The van der Waals surface area contributed by atoms with Gasteiger partial charge in [-0.25, -0.2) is 9.97 Å². The van der Waals surface area contributed by atoms with E-state index in [1.165, 1.54) is 5.56 Å². The lowest BCUT2D eigenvalue weighted by Gasteiger charge is -2.30. The molecule has 0 atom stereocenters. The van der Waals surface area contributed by atoms with Gasteiger partial charge in [-0.05, 0) is 30.5 Å². The summed E-state index contributed by atoms with van der Waals surface area (Å²) >= 11 is 0. The van der Waals surface area contributed by atoms with E-state index in [2.05, 4.69) is 23.3 Å². The first-order valence-electron chi connectivity index (χ1n) is 11.4. The van der Waals surface area contributed by atoms with Gasteiger partial charge >= 0.3 is 0 Å². The van der Waals surface area contributed by atoms with Crippen molar-refractivity contribution in [1.29, 1.82) is 0 Å². The molecule has 0 fully saturated rings. The molecule has 2 aromatic carbocycles. The standard InChI is InChI=1S/C26H26N6O/c1-2-9-19-12-6-7-13-21(19)28-25-27-15-14-23(30-25)31-16-8-17-32-24(33)18-22(29-26(31)32)20-10-4-3-5-11-20/h3-7,10-15,18H,2,8-9,16-17H2,1H3,(H,27,28,30). The van der Waals surface area contributed by atoms with Crippen molar-refractivity contribution >= 4 is 23.4 Å². The Balaban J connectivity index is 1.51. The van der Waals surface area contributed by atoms with Gasteiger partial charge in [0.25, 0.3) is 5.56 Å². The van der Waals surface area contributed by atoms with E-state index in [0.717, 1.165) is 37.1 Å². The molecule has 0 spiro atoms. The molecule has 0 aliphatic carbocycles. The van der Waals surface area contributed by atoms with E-state index in [0.29, 0.717) is 30.0 Å². The smallest absolute Gasteiger partial charge is 0.255 e. The number of benzene rings is 2. The number of aryl methyl sites for hydroxylation is 1. The van der Waals surface area contributed by atoms with Gasteiger partial charge < -0.3 is 5.32 Å². The first-order valence-corrected chi connectivity index (χ1v) is 11.4. The van der Waals surface area contributed by atoms with Crippen molar-refractivity contribution in [3.8, 4) is 11.3 Å². The molecule has 0 amide bonds. The molecule has 1 N–H and O–H groups in total. The highest BCUT2D eigenvalue weighted by atomic mass is 16.1. The third kappa shape index (κ3) is 4.35. The molecule has 7 heteroatoms. The SMILES string of the molecule is CCCc1ccccc1Nc1nccc(N2CCCn3c2nc(-c2ccccc2)cc3=O)n1. The van der Waals surface area contributed by atoms with E-state index in [-0.39, 0.29) is 5.56 Å². The normalized spacial score (nSPS) is 12.9. The number of anilines is 4. The minimum atomic E-state index is -0.0514. The van der Waals surface area contributed by atoms with Gasteiger partial charge in [0.2, 0.25) is 11.9 Å². The average molecular weight is 439 g/mol. The van der Waals surface area contributed by atoms with Crippen molar-refractivity contribution < 1.29 is 0 Å². The number of hydrogen-bond acceptors (Lipinski definition) is 6. The Morgan fingerprint density at radius 3 is 2.64 bits per heavy atom. The van der Waals surface area contributed by atoms with E-state index >= 15 is 0 Å². The topological polar surface area (TPSA) is 75.9 Å². The second kappa shape index (κ2) is 9.24. The van der Waals surface area contributed by atoms with E-state index in [4.69, 9.17) is 9.97 Å². The van der Waals surface area contributed by atoms with Crippen molar-refractivity contribution in [3.63, 3.8) is 0 Å². The van der Waals surface area contributed by atoms with Gasteiger partial charge in [0.05, 0.1) is 5.69 Å².